The predicted octanol–water partition coefficient (Wildman–Crippen LogP) is 2.23. The zero-order chi connectivity index (χ0) is 16.2. The van der Waals surface area contributed by atoms with Crippen molar-refractivity contribution in [2.75, 3.05) is 18.8 Å². The molecule has 0 atom stereocenters. The molecule has 3 rings (SSSR count). The van der Waals surface area contributed by atoms with Crippen molar-refractivity contribution in [3.05, 3.63) is 24.5 Å². The van der Waals surface area contributed by atoms with Crippen molar-refractivity contribution < 1.29 is 4.79 Å². The van der Waals surface area contributed by atoms with E-state index < -0.39 is 0 Å². The Bertz CT molecular complexity index is 664. The van der Waals surface area contributed by atoms with Crippen molar-refractivity contribution in [3.63, 3.8) is 0 Å². The Morgan fingerprint density at radius 2 is 2.13 bits per heavy atom. The summed E-state index contributed by atoms with van der Waals surface area (Å²) < 4.78 is 1.91. The number of aromatic nitrogens is 4. The highest BCUT2D eigenvalue weighted by Crippen LogP contribution is 2.23. The highest BCUT2D eigenvalue weighted by molar-refractivity contribution is 7.99. The minimum absolute atomic E-state index is 0.188. The van der Waals surface area contributed by atoms with Crippen LogP contribution < -0.4 is 0 Å². The molecule has 1 aliphatic rings. The number of rotatable bonds is 4. The molecule has 0 radical (unpaired) electrons. The Hall–Kier alpha value is -1.89. The first-order valence-electron chi connectivity index (χ1n) is 7.85. The van der Waals surface area contributed by atoms with E-state index >= 15 is 0 Å². The van der Waals surface area contributed by atoms with Crippen LogP contribution in [0.4, 0.5) is 0 Å². The van der Waals surface area contributed by atoms with Gasteiger partial charge in [-0.2, -0.15) is 0 Å². The molecule has 23 heavy (non-hydrogen) atoms. The van der Waals surface area contributed by atoms with Gasteiger partial charge in [-0.25, -0.2) is 0 Å². The smallest absolute Gasteiger partial charge is 0.233 e. The van der Waals surface area contributed by atoms with Crippen molar-refractivity contribution in [2.24, 2.45) is 13.0 Å². The molecule has 0 N–H and O–H groups in total. The van der Waals surface area contributed by atoms with Gasteiger partial charge in [0.2, 0.25) is 5.91 Å². The first-order valence-corrected chi connectivity index (χ1v) is 8.84. The Labute approximate surface area is 140 Å². The van der Waals surface area contributed by atoms with Crippen LogP contribution in [-0.4, -0.2) is 49.4 Å². The molecule has 6 nitrogen and oxygen atoms in total. The molecule has 2 aromatic rings. The molecule has 0 bridgehead atoms. The van der Waals surface area contributed by atoms with E-state index in [-0.39, 0.29) is 5.91 Å². The second-order valence-electron chi connectivity index (χ2n) is 5.96. The van der Waals surface area contributed by atoms with Crippen LogP contribution in [0.3, 0.4) is 0 Å². The first-order chi connectivity index (χ1) is 11.1. The number of nitrogens with zero attached hydrogens (tertiary/aromatic N) is 5. The average molecular weight is 331 g/mol. The summed E-state index contributed by atoms with van der Waals surface area (Å²) in [5, 5.41) is 9.16. The lowest BCUT2D eigenvalue weighted by Crippen LogP contribution is -2.38. The number of amides is 1. The molecule has 1 saturated heterocycles. The van der Waals surface area contributed by atoms with Crippen LogP contribution in [-0.2, 0) is 11.8 Å². The lowest BCUT2D eigenvalue weighted by atomic mass is 9.99. The van der Waals surface area contributed by atoms with Crippen LogP contribution in [0.15, 0.2) is 29.7 Å². The van der Waals surface area contributed by atoms with Crippen LogP contribution in [0.25, 0.3) is 11.4 Å². The third kappa shape index (κ3) is 3.72. The minimum atomic E-state index is 0.188. The zero-order valence-electron chi connectivity index (χ0n) is 13.5. The topological polar surface area (TPSA) is 63.9 Å². The zero-order valence-corrected chi connectivity index (χ0v) is 14.3. The summed E-state index contributed by atoms with van der Waals surface area (Å²) in [6.45, 7) is 4.00. The molecular formula is C16H21N5OS. The van der Waals surface area contributed by atoms with E-state index in [1.807, 2.05) is 28.6 Å². The Morgan fingerprint density at radius 1 is 1.35 bits per heavy atom. The molecule has 0 saturated carbocycles. The van der Waals surface area contributed by atoms with Gasteiger partial charge in [0.25, 0.3) is 0 Å². The number of piperidine rings is 1. The number of pyridine rings is 1. The highest BCUT2D eigenvalue weighted by Gasteiger charge is 2.21. The number of carbonyl (C=O) groups is 1. The Morgan fingerprint density at radius 3 is 2.83 bits per heavy atom. The van der Waals surface area contributed by atoms with Crippen LogP contribution in [0, 0.1) is 5.92 Å². The van der Waals surface area contributed by atoms with E-state index in [1.165, 1.54) is 11.8 Å². The molecule has 122 valence electrons. The van der Waals surface area contributed by atoms with Gasteiger partial charge in [0.15, 0.2) is 11.0 Å². The second kappa shape index (κ2) is 7.12. The van der Waals surface area contributed by atoms with E-state index in [0.29, 0.717) is 5.75 Å². The molecule has 0 aromatic carbocycles. The summed E-state index contributed by atoms with van der Waals surface area (Å²) in [5.74, 6) is 2.09. The monoisotopic (exact) mass is 331 g/mol. The predicted molar refractivity (Wildman–Crippen MR) is 89.9 cm³/mol. The van der Waals surface area contributed by atoms with Gasteiger partial charge in [-0.15, -0.1) is 10.2 Å². The molecule has 7 heteroatoms. The van der Waals surface area contributed by atoms with Crippen molar-refractivity contribution in [1.29, 1.82) is 0 Å². The second-order valence-corrected chi connectivity index (χ2v) is 6.90. The van der Waals surface area contributed by atoms with Crippen LogP contribution in [0.5, 0.6) is 0 Å². The van der Waals surface area contributed by atoms with Gasteiger partial charge in [-0.05, 0) is 30.9 Å². The summed E-state index contributed by atoms with van der Waals surface area (Å²) in [7, 11) is 1.91. The number of likely N-dealkylation sites (tertiary alicyclic amines) is 1. The van der Waals surface area contributed by atoms with Gasteiger partial charge < -0.3 is 9.47 Å². The van der Waals surface area contributed by atoms with Gasteiger partial charge in [0.1, 0.15) is 0 Å². The largest absolute Gasteiger partial charge is 0.342 e. The molecule has 0 aliphatic carbocycles. The average Bonchev–Trinajstić information content (AvgIpc) is 2.95. The van der Waals surface area contributed by atoms with Crippen molar-refractivity contribution in [1.82, 2.24) is 24.6 Å². The van der Waals surface area contributed by atoms with E-state index in [4.69, 9.17) is 0 Å². The summed E-state index contributed by atoms with van der Waals surface area (Å²) in [6, 6.07) is 3.82. The lowest BCUT2D eigenvalue weighted by Gasteiger charge is -2.30. The quantitative estimate of drug-likeness (QED) is 0.804. The van der Waals surface area contributed by atoms with Gasteiger partial charge in [-0.3, -0.25) is 9.78 Å². The van der Waals surface area contributed by atoms with Crippen LogP contribution in [0.1, 0.15) is 19.8 Å². The normalized spacial score (nSPS) is 15.8. The summed E-state index contributed by atoms with van der Waals surface area (Å²) >= 11 is 1.44. The molecule has 0 unspecified atom stereocenters. The van der Waals surface area contributed by atoms with Gasteiger partial charge in [0.05, 0.1) is 5.75 Å². The molecule has 1 fully saturated rings. The van der Waals surface area contributed by atoms with E-state index in [0.717, 1.165) is 48.4 Å². The highest BCUT2D eigenvalue weighted by atomic mass is 32.2. The fourth-order valence-corrected chi connectivity index (χ4v) is 3.48. The van der Waals surface area contributed by atoms with Crippen molar-refractivity contribution >= 4 is 17.7 Å². The number of carbonyl (C=O) groups excluding carboxylic acids is 1. The Balaban J connectivity index is 1.61. The first kappa shape index (κ1) is 16.0. The number of hydrogen-bond acceptors (Lipinski definition) is 5. The molecule has 1 aliphatic heterocycles. The lowest BCUT2D eigenvalue weighted by molar-refractivity contribution is -0.129. The third-order valence-corrected chi connectivity index (χ3v) is 5.22. The standard InChI is InChI=1S/C16H21N5OS/c1-12-5-8-21(9-6-12)14(22)11-23-16-19-18-15(20(16)2)13-4-3-7-17-10-13/h3-4,7,10,12H,5-6,8-9,11H2,1-2H3. The van der Waals surface area contributed by atoms with Crippen LogP contribution >= 0.6 is 11.8 Å². The van der Waals surface area contributed by atoms with E-state index in [1.54, 1.807) is 12.4 Å². The molecule has 0 spiro atoms. The maximum atomic E-state index is 12.3. The molecule has 1 amide bonds. The number of hydrogen-bond donors (Lipinski definition) is 0. The number of thioether (sulfide) groups is 1. The van der Waals surface area contributed by atoms with E-state index in [9.17, 15) is 4.79 Å². The van der Waals surface area contributed by atoms with Gasteiger partial charge >= 0.3 is 0 Å². The summed E-state index contributed by atoms with van der Waals surface area (Å²) in [5.41, 5.74) is 0.922. The Kier molecular flexibility index (Phi) is 4.95. The fraction of sp³-hybridized carbons (Fsp3) is 0.500. The maximum Gasteiger partial charge on any atom is 0.233 e. The fourth-order valence-electron chi connectivity index (χ4n) is 2.66. The SMILES string of the molecule is CC1CCN(C(=O)CSc2nnc(-c3cccnc3)n2C)CC1. The van der Waals surface area contributed by atoms with Gasteiger partial charge in [0, 0.05) is 38.1 Å². The van der Waals surface area contributed by atoms with Crippen molar-refractivity contribution in [2.45, 2.75) is 24.9 Å². The van der Waals surface area contributed by atoms with Gasteiger partial charge in [-0.1, -0.05) is 18.7 Å². The summed E-state index contributed by atoms with van der Waals surface area (Å²) in [4.78, 5) is 18.4. The maximum absolute atomic E-state index is 12.3. The van der Waals surface area contributed by atoms with E-state index in [2.05, 4.69) is 22.1 Å². The van der Waals surface area contributed by atoms with Crippen LogP contribution in [0.2, 0.25) is 0 Å². The third-order valence-electron chi connectivity index (χ3n) is 4.22. The minimum Gasteiger partial charge on any atom is -0.342 e. The molecule has 2 aromatic heterocycles. The summed E-state index contributed by atoms with van der Waals surface area (Å²) in [6.07, 6.45) is 5.70. The van der Waals surface area contributed by atoms with Crippen molar-refractivity contribution in [3.8, 4) is 11.4 Å². The molecule has 3 heterocycles. The molecular weight excluding hydrogens is 310 g/mol.